The van der Waals surface area contributed by atoms with E-state index < -0.39 is 0 Å². The molecule has 3 nitrogen and oxygen atoms in total. The quantitative estimate of drug-likeness (QED) is 0.524. The molecule has 0 aliphatic heterocycles. The summed E-state index contributed by atoms with van der Waals surface area (Å²) in [5.41, 5.74) is 1.08. The summed E-state index contributed by atoms with van der Waals surface area (Å²) in [6.07, 6.45) is 3.68. The number of ketones is 1. The average molecular weight is 303 g/mol. The standard InChI is InChI=1S/C14H11N2O.BrH/c15-10-12-5-4-6-13(9-12)14(17)11-16-7-2-1-3-8-16;/h1-9H,11H2;1H/q+1;/p-1. The van der Waals surface area contributed by atoms with Crippen molar-refractivity contribution >= 4 is 5.78 Å². The minimum absolute atomic E-state index is 0. The molecule has 90 valence electrons. The number of benzene rings is 1. The van der Waals surface area contributed by atoms with Crippen LogP contribution in [0, 0.1) is 11.3 Å². The number of Topliss-reactive ketones (excluding diaryl/α,β-unsaturated/α-hetero) is 1. The van der Waals surface area contributed by atoms with Gasteiger partial charge in [0.05, 0.1) is 11.6 Å². The Bertz CT molecular complexity index is 576. The topological polar surface area (TPSA) is 44.7 Å². The second-order valence-corrected chi connectivity index (χ2v) is 3.66. The lowest BCUT2D eigenvalue weighted by atomic mass is 10.1. The molecule has 2 rings (SSSR count). The maximum Gasteiger partial charge on any atom is 0.227 e. The van der Waals surface area contributed by atoms with Crippen LogP contribution >= 0.6 is 0 Å². The van der Waals surface area contributed by atoms with Gasteiger partial charge in [0.25, 0.3) is 0 Å². The average Bonchev–Trinajstić information content (AvgIpc) is 2.40. The fourth-order valence-electron chi connectivity index (χ4n) is 1.56. The molecule has 0 aliphatic rings. The van der Waals surface area contributed by atoms with E-state index in [2.05, 4.69) is 0 Å². The zero-order valence-electron chi connectivity index (χ0n) is 9.58. The van der Waals surface area contributed by atoms with Gasteiger partial charge in [0, 0.05) is 17.7 Å². The number of halogens is 1. The van der Waals surface area contributed by atoms with Crippen molar-refractivity contribution in [1.29, 1.82) is 5.26 Å². The van der Waals surface area contributed by atoms with Crippen molar-refractivity contribution < 1.29 is 26.3 Å². The molecule has 18 heavy (non-hydrogen) atoms. The second kappa shape index (κ2) is 6.67. The van der Waals surface area contributed by atoms with Crippen LogP contribution in [-0.2, 0) is 6.54 Å². The Morgan fingerprint density at radius 3 is 2.56 bits per heavy atom. The van der Waals surface area contributed by atoms with Gasteiger partial charge in [-0.25, -0.2) is 0 Å². The Kier molecular flexibility index (Phi) is 5.22. The first-order valence-corrected chi connectivity index (χ1v) is 5.27. The van der Waals surface area contributed by atoms with Crippen molar-refractivity contribution in [2.24, 2.45) is 0 Å². The van der Waals surface area contributed by atoms with E-state index in [-0.39, 0.29) is 29.3 Å². The Morgan fingerprint density at radius 2 is 1.89 bits per heavy atom. The molecule has 0 N–H and O–H groups in total. The Morgan fingerprint density at radius 1 is 1.17 bits per heavy atom. The number of aromatic nitrogens is 1. The van der Waals surface area contributed by atoms with Crippen LogP contribution in [0.25, 0.3) is 0 Å². The van der Waals surface area contributed by atoms with Gasteiger partial charge in [-0.1, -0.05) is 18.2 Å². The normalized spacial score (nSPS) is 9.06. The van der Waals surface area contributed by atoms with Gasteiger partial charge in [-0.3, -0.25) is 4.79 Å². The summed E-state index contributed by atoms with van der Waals surface area (Å²) in [6.45, 7) is 0.287. The van der Waals surface area contributed by atoms with Crippen LogP contribution in [0.2, 0.25) is 0 Å². The minimum atomic E-state index is -0.00157. The number of carbonyl (C=O) groups is 1. The second-order valence-electron chi connectivity index (χ2n) is 3.66. The van der Waals surface area contributed by atoms with E-state index in [0.717, 1.165) is 0 Å². The van der Waals surface area contributed by atoms with Gasteiger partial charge >= 0.3 is 0 Å². The van der Waals surface area contributed by atoms with E-state index in [1.807, 2.05) is 36.7 Å². The fourth-order valence-corrected chi connectivity index (χ4v) is 1.56. The highest BCUT2D eigenvalue weighted by Gasteiger charge is 2.11. The van der Waals surface area contributed by atoms with Crippen molar-refractivity contribution in [3.05, 3.63) is 66.0 Å². The highest BCUT2D eigenvalue weighted by atomic mass is 79.9. The summed E-state index contributed by atoms with van der Waals surface area (Å²) in [4.78, 5) is 12.0. The van der Waals surface area contributed by atoms with Crippen molar-refractivity contribution in [3.8, 4) is 6.07 Å². The van der Waals surface area contributed by atoms with Gasteiger partial charge in [0.2, 0.25) is 12.3 Å². The zero-order valence-corrected chi connectivity index (χ0v) is 11.2. The molecular formula is C14H11BrN2O. The SMILES string of the molecule is N#Cc1cccc(C(=O)C[n+]2ccccc2)c1.[Br-]. The Hall–Kier alpha value is -1.99. The first kappa shape index (κ1) is 14.1. The van der Waals surface area contributed by atoms with Crippen molar-refractivity contribution in [2.45, 2.75) is 6.54 Å². The first-order chi connectivity index (χ1) is 8.29. The number of hydrogen-bond acceptors (Lipinski definition) is 2. The highest BCUT2D eigenvalue weighted by molar-refractivity contribution is 5.95. The molecule has 0 saturated heterocycles. The fraction of sp³-hybridized carbons (Fsp3) is 0.0714. The zero-order chi connectivity index (χ0) is 12.1. The largest absolute Gasteiger partial charge is 1.00 e. The molecule has 1 heterocycles. The van der Waals surface area contributed by atoms with Gasteiger partial charge in [-0.05, 0) is 12.1 Å². The number of carbonyl (C=O) groups excluding carboxylic acids is 1. The Labute approximate surface area is 116 Å². The van der Waals surface area contributed by atoms with Crippen LogP contribution in [0.5, 0.6) is 0 Å². The maximum absolute atomic E-state index is 12.0. The maximum atomic E-state index is 12.0. The van der Waals surface area contributed by atoms with Crippen LogP contribution in [0.3, 0.4) is 0 Å². The molecular weight excluding hydrogens is 292 g/mol. The molecule has 0 amide bonds. The lowest BCUT2D eigenvalue weighted by molar-refractivity contribution is -0.683. The van der Waals surface area contributed by atoms with E-state index in [9.17, 15) is 4.79 Å². The van der Waals surface area contributed by atoms with E-state index >= 15 is 0 Å². The molecule has 4 heteroatoms. The number of pyridine rings is 1. The van der Waals surface area contributed by atoms with Crippen LogP contribution in [0.15, 0.2) is 54.9 Å². The molecule has 0 atom stereocenters. The summed E-state index contributed by atoms with van der Waals surface area (Å²) in [6, 6.07) is 14.4. The van der Waals surface area contributed by atoms with Gasteiger partial charge in [0.15, 0.2) is 12.4 Å². The number of hydrogen-bond donors (Lipinski definition) is 0. The number of nitrogens with zero attached hydrogens (tertiary/aromatic N) is 2. The third kappa shape index (κ3) is 3.51. The lowest BCUT2D eigenvalue weighted by Crippen LogP contribution is -3.00. The Balaban J connectivity index is 0.00000162. The molecule has 0 aliphatic carbocycles. The van der Waals surface area contributed by atoms with Crippen LogP contribution in [-0.4, -0.2) is 5.78 Å². The summed E-state index contributed by atoms with van der Waals surface area (Å²) in [7, 11) is 0. The van der Waals surface area contributed by atoms with E-state index in [4.69, 9.17) is 5.26 Å². The van der Waals surface area contributed by atoms with E-state index in [0.29, 0.717) is 11.1 Å². The van der Waals surface area contributed by atoms with Crippen molar-refractivity contribution in [1.82, 2.24) is 0 Å². The predicted molar refractivity (Wildman–Crippen MR) is 62.1 cm³/mol. The first-order valence-electron chi connectivity index (χ1n) is 5.27. The van der Waals surface area contributed by atoms with E-state index in [1.165, 1.54) is 0 Å². The van der Waals surface area contributed by atoms with Crippen LogP contribution in [0.1, 0.15) is 15.9 Å². The molecule has 0 fully saturated rings. The highest BCUT2D eigenvalue weighted by Crippen LogP contribution is 2.05. The lowest BCUT2D eigenvalue weighted by Gasteiger charge is -1.98. The monoisotopic (exact) mass is 302 g/mol. The molecule has 0 radical (unpaired) electrons. The van der Waals surface area contributed by atoms with Crippen molar-refractivity contribution in [2.75, 3.05) is 0 Å². The van der Waals surface area contributed by atoms with Gasteiger partial charge < -0.3 is 17.0 Å². The minimum Gasteiger partial charge on any atom is -1.00 e. The van der Waals surface area contributed by atoms with Crippen molar-refractivity contribution in [3.63, 3.8) is 0 Å². The molecule has 1 aromatic heterocycles. The van der Waals surface area contributed by atoms with E-state index in [1.54, 1.807) is 28.8 Å². The van der Waals surface area contributed by atoms with Gasteiger partial charge in [-0.15, -0.1) is 0 Å². The van der Waals surface area contributed by atoms with Crippen LogP contribution < -0.4 is 21.5 Å². The predicted octanol–water partition coefficient (Wildman–Crippen LogP) is -1.27. The van der Waals surface area contributed by atoms with Crippen LogP contribution in [0.4, 0.5) is 0 Å². The summed E-state index contributed by atoms with van der Waals surface area (Å²) in [5.74, 6) is -0.00157. The third-order valence-corrected chi connectivity index (χ3v) is 2.42. The number of nitriles is 1. The molecule has 1 aromatic carbocycles. The summed E-state index contributed by atoms with van der Waals surface area (Å²) in [5, 5.41) is 8.77. The molecule has 0 saturated carbocycles. The molecule has 2 aromatic rings. The molecule has 0 spiro atoms. The smallest absolute Gasteiger partial charge is 0.227 e. The number of rotatable bonds is 3. The summed E-state index contributed by atoms with van der Waals surface area (Å²) >= 11 is 0. The molecule has 0 bridgehead atoms. The summed E-state index contributed by atoms with van der Waals surface area (Å²) < 4.78 is 1.81. The van der Waals surface area contributed by atoms with Gasteiger partial charge in [0.1, 0.15) is 0 Å². The third-order valence-electron chi connectivity index (χ3n) is 2.42. The van der Waals surface area contributed by atoms with Gasteiger partial charge in [-0.2, -0.15) is 9.83 Å². The molecule has 0 unspecified atom stereocenters.